The van der Waals surface area contributed by atoms with E-state index in [0.29, 0.717) is 30.5 Å². The molecule has 0 aliphatic carbocycles. The molecule has 0 spiro atoms. The van der Waals surface area contributed by atoms with E-state index in [-0.39, 0.29) is 0 Å². The van der Waals surface area contributed by atoms with Gasteiger partial charge >= 0.3 is 0 Å². The van der Waals surface area contributed by atoms with Crippen LogP contribution in [0.25, 0.3) is 11.0 Å². The highest BCUT2D eigenvalue weighted by atomic mass is 15.3. The Balaban J connectivity index is 1.34. The van der Waals surface area contributed by atoms with Crippen molar-refractivity contribution in [3.05, 3.63) is 24.0 Å². The molecule has 0 unspecified atom stereocenters. The molecule has 5 heterocycles. The molecule has 29 heavy (non-hydrogen) atoms. The number of nitrogens with one attached hydrogen (secondary N) is 4. The van der Waals surface area contributed by atoms with Gasteiger partial charge in [0.2, 0.25) is 5.95 Å². The maximum atomic E-state index is 8.92. The van der Waals surface area contributed by atoms with E-state index in [1.807, 2.05) is 25.3 Å². The van der Waals surface area contributed by atoms with Gasteiger partial charge in [0.15, 0.2) is 5.82 Å². The smallest absolute Gasteiger partial charge is 0.226 e. The van der Waals surface area contributed by atoms with Gasteiger partial charge in [-0.1, -0.05) is 0 Å². The Morgan fingerprint density at radius 3 is 2.83 bits per heavy atom. The fourth-order valence-electron chi connectivity index (χ4n) is 4.82. The van der Waals surface area contributed by atoms with Crippen molar-refractivity contribution >= 4 is 28.6 Å². The number of piperidine rings is 1. The lowest BCUT2D eigenvalue weighted by molar-refractivity contribution is 0.135. The van der Waals surface area contributed by atoms with Gasteiger partial charge in [-0.3, -0.25) is 10.00 Å². The van der Waals surface area contributed by atoms with Crippen LogP contribution in [0.1, 0.15) is 37.8 Å². The first-order valence-corrected chi connectivity index (χ1v) is 10.2. The molecule has 9 nitrogen and oxygen atoms in total. The Bertz CT molecular complexity index is 1030. The van der Waals surface area contributed by atoms with Gasteiger partial charge in [0.05, 0.1) is 11.5 Å². The van der Waals surface area contributed by atoms with Crippen molar-refractivity contribution in [3.8, 4) is 6.07 Å². The van der Waals surface area contributed by atoms with E-state index in [1.165, 1.54) is 12.8 Å². The second-order valence-electron chi connectivity index (χ2n) is 8.04. The molecule has 2 aliphatic heterocycles. The summed E-state index contributed by atoms with van der Waals surface area (Å²) in [6, 6.07) is 7.65. The Labute approximate surface area is 168 Å². The van der Waals surface area contributed by atoms with Gasteiger partial charge in [0, 0.05) is 49.0 Å². The molecule has 3 atom stereocenters. The summed E-state index contributed by atoms with van der Waals surface area (Å²) in [5.41, 5.74) is 1.79. The Morgan fingerprint density at radius 1 is 1.28 bits per heavy atom. The van der Waals surface area contributed by atoms with Crippen LogP contribution in [0.4, 0.5) is 17.6 Å². The lowest BCUT2D eigenvalue weighted by Gasteiger charge is -2.38. The molecule has 9 heteroatoms. The molecule has 2 fully saturated rings. The third-order valence-electron chi connectivity index (χ3n) is 6.07. The van der Waals surface area contributed by atoms with Crippen LogP contribution in [-0.4, -0.2) is 54.7 Å². The number of H-pyrrole nitrogens is 2. The molecule has 2 aliphatic rings. The average molecular weight is 391 g/mol. The topological polar surface area (TPSA) is 121 Å². The van der Waals surface area contributed by atoms with E-state index in [2.05, 4.69) is 41.8 Å². The van der Waals surface area contributed by atoms with Crippen molar-refractivity contribution in [2.45, 2.75) is 57.2 Å². The zero-order chi connectivity index (χ0) is 19.8. The molecule has 4 N–H and O–H groups in total. The van der Waals surface area contributed by atoms with E-state index in [0.717, 1.165) is 47.7 Å². The highest BCUT2D eigenvalue weighted by molar-refractivity contribution is 5.89. The van der Waals surface area contributed by atoms with Crippen molar-refractivity contribution < 1.29 is 0 Å². The monoisotopic (exact) mass is 391 g/mol. The second kappa shape index (κ2) is 7.37. The molecular formula is C20H25N9. The van der Waals surface area contributed by atoms with E-state index >= 15 is 0 Å². The summed E-state index contributed by atoms with van der Waals surface area (Å²) in [5.74, 6) is 2.10. The lowest BCUT2D eigenvalue weighted by Crippen LogP contribution is -2.47. The van der Waals surface area contributed by atoms with Gasteiger partial charge in [0.25, 0.3) is 0 Å². The standard InChI is InChI=1S/C20H25N9/c1-12-9-17(28-27-12)24-19-16-5-7-22-18(16)25-20(26-19)23-13-10-14-3-4-15(11-13)29(14)8-2-6-21/h5,7,9,13-15H,2-4,8,10-11H2,1H3,(H4,22,23,24,25,26,27,28)/t13-,14-,15+. The average Bonchev–Trinajstić information content (AvgIpc) is 3.39. The lowest BCUT2D eigenvalue weighted by atomic mass is 9.97. The number of fused-ring (bicyclic) bond motifs is 3. The SMILES string of the molecule is Cc1cc(Nc2nc(N[C@@H]3C[C@H]4CC[C@@H](C3)N4CCC#N)nc3[nH]ccc23)n[nH]1. The number of aromatic amines is 2. The van der Waals surface area contributed by atoms with Crippen LogP contribution < -0.4 is 10.6 Å². The first-order valence-electron chi connectivity index (χ1n) is 10.2. The van der Waals surface area contributed by atoms with E-state index in [1.54, 1.807) is 0 Å². The zero-order valence-electron chi connectivity index (χ0n) is 16.4. The fourth-order valence-corrected chi connectivity index (χ4v) is 4.82. The Hall–Kier alpha value is -3.12. The van der Waals surface area contributed by atoms with Crippen molar-refractivity contribution in [1.82, 2.24) is 30.0 Å². The second-order valence-corrected chi connectivity index (χ2v) is 8.04. The molecule has 3 aromatic rings. The Kier molecular flexibility index (Phi) is 4.56. The largest absolute Gasteiger partial charge is 0.351 e. The van der Waals surface area contributed by atoms with Gasteiger partial charge in [-0.25, -0.2) is 0 Å². The number of aryl methyl sites for hydroxylation is 1. The van der Waals surface area contributed by atoms with Crippen molar-refractivity contribution in [2.75, 3.05) is 17.2 Å². The first-order chi connectivity index (χ1) is 14.2. The summed E-state index contributed by atoms with van der Waals surface area (Å²) in [5, 5.41) is 23.9. The van der Waals surface area contributed by atoms with Crippen LogP contribution in [-0.2, 0) is 0 Å². The van der Waals surface area contributed by atoms with E-state index in [4.69, 9.17) is 10.2 Å². The number of hydrogen-bond donors (Lipinski definition) is 4. The highest BCUT2D eigenvalue weighted by Crippen LogP contribution is 2.37. The minimum Gasteiger partial charge on any atom is -0.351 e. The summed E-state index contributed by atoms with van der Waals surface area (Å²) in [6.07, 6.45) is 7.05. The van der Waals surface area contributed by atoms with Crippen molar-refractivity contribution in [2.24, 2.45) is 0 Å². The number of hydrogen-bond acceptors (Lipinski definition) is 7. The van der Waals surface area contributed by atoms with Crippen LogP contribution in [0, 0.1) is 18.3 Å². The molecule has 0 saturated carbocycles. The summed E-state index contributed by atoms with van der Waals surface area (Å²) in [4.78, 5) is 15.1. The fraction of sp³-hybridized carbons (Fsp3) is 0.500. The minimum absolute atomic E-state index is 0.346. The molecule has 0 aromatic carbocycles. The molecule has 3 aromatic heterocycles. The van der Waals surface area contributed by atoms with Crippen LogP contribution >= 0.6 is 0 Å². The molecule has 0 amide bonds. The van der Waals surface area contributed by atoms with Crippen LogP contribution in [0.5, 0.6) is 0 Å². The van der Waals surface area contributed by atoms with E-state index in [9.17, 15) is 0 Å². The minimum atomic E-state index is 0.346. The molecule has 5 rings (SSSR count). The van der Waals surface area contributed by atoms with Crippen molar-refractivity contribution in [3.63, 3.8) is 0 Å². The van der Waals surface area contributed by atoms with Gasteiger partial charge in [-0.05, 0) is 38.7 Å². The zero-order valence-corrected chi connectivity index (χ0v) is 16.4. The summed E-state index contributed by atoms with van der Waals surface area (Å²) in [6.45, 7) is 2.86. The predicted octanol–water partition coefficient (Wildman–Crippen LogP) is 3.05. The van der Waals surface area contributed by atoms with Gasteiger partial charge < -0.3 is 15.6 Å². The highest BCUT2D eigenvalue weighted by Gasteiger charge is 2.40. The maximum absolute atomic E-state index is 8.92. The molecule has 150 valence electrons. The maximum Gasteiger partial charge on any atom is 0.226 e. The summed E-state index contributed by atoms with van der Waals surface area (Å²) < 4.78 is 0. The first kappa shape index (κ1) is 17.9. The summed E-state index contributed by atoms with van der Waals surface area (Å²) in [7, 11) is 0. The van der Waals surface area contributed by atoms with E-state index < -0.39 is 0 Å². The third kappa shape index (κ3) is 3.51. The Morgan fingerprint density at radius 2 is 2.10 bits per heavy atom. The normalized spacial score (nSPS) is 23.9. The number of anilines is 3. The van der Waals surface area contributed by atoms with Gasteiger partial charge in [-0.2, -0.15) is 20.3 Å². The molecule has 2 bridgehead atoms. The number of aromatic nitrogens is 5. The molecule has 2 saturated heterocycles. The van der Waals surface area contributed by atoms with Crippen LogP contribution in [0.2, 0.25) is 0 Å². The number of rotatable bonds is 6. The number of nitrogens with zero attached hydrogens (tertiary/aromatic N) is 5. The van der Waals surface area contributed by atoms with Crippen LogP contribution in [0.3, 0.4) is 0 Å². The molecular weight excluding hydrogens is 366 g/mol. The third-order valence-corrected chi connectivity index (χ3v) is 6.07. The quantitative estimate of drug-likeness (QED) is 0.509. The predicted molar refractivity (Wildman–Crippen MR) is 111 cm³/mol. The van der Waals surface area contributed by atoms with Crippen molar-refractivity contribution in [1.29, 1.82) is 5.26 Å². The summed E-state index contributed by atoms with van der Waals surface area (Å²) >= 11 is 0. The van der Waals surface area contributed by atoms with Crippen LogP contribution in [0.15, 0.2) is 18.3 Å². The van der Waals surface area contributed by atoms with Gasteiger partial charge in [-0.15, -0.1) is 0 Å². The molecule has 0 radical (unpaired) electrons. The van der Waals surface area contributed by atoms with Gasteiger partial charge in [0.1, 0.15) is 11.5 Å². The number of nitriles is 1.